The molecule has 0 atom stereocenters. The number of pyridine rings is 4. The van der Waals surface area contributed by atoms with Crippen LogP contribution in [0.4, 0.5) is 22.7 Å². The number of hydrogen-bond donors (Lipinski definition) is 4. The van der Waals surface area contributed by atoms with E-state index in [4.69, 9.17) is 14.5 Å². The Morgan fingerprint density at radius 2 is 0.559 bits per heavy atom. The largest absolute Gasteiger partial charge is 0.288 e. The number of nitrogens with zero attached hydrogens (tertiary/aromatic N) is 4. The van der Waals surface area contributed by atoms with Crippen molar-refractivity contribution in [3.63, 3.8) is 0 Å². The van der Waals surface area contributed by atoms with Gasteiger partial charge in [-0.15, -0.1) is 0 Å². The second-order valence-corrected chi connectivity index (χ2v) is 34.6. The van der Waals surface area contributed by atoms with Crippen LogP contribution in [0.2, 0.25) is 0 Å². The quantitative estimate of drug-likeness (QED) is 0.0342. The second-order valence-electron chi connectivity index (χ2n) is 27.8. The molecule has 12 rings (SSSR count). The fourth-order valence-corrected chi connectivity index (χ4v) is 16.0. The Morgan fingerprint density at radius 1 is 0.272 bits per heavy atom. The van der Waals surface area contributed by atoms with Gasteiger partial charge in [0.25, 0.3) is 40.1 Å². The number of hydrogen-bond acceptors (Lipinski definition) is 16. The van der Waals surface area contributed by atoms with Gasteiger partial charge in [0.2, 0.25) is 53.5 Å². The highest BCUT2D eigenvalue weighted by Crippen LogP contribution is 2.32. The Balaban J connectivity index is 0. The molecule has 0 saturated heterocycles. The van der Waals surface area contributed by atoms with Gasteiger partial charge in [-0.05, 0) is 255 Å². The normalized spacial score (nSPS) is 10.0. The number of carbonyl (C=O) groups excluding carboxylic acids is 4. The van der Waals surface area contributed by atoms with Crippen molar-refractivity contribution in [2.75, 3.05) is 40.2 Å². The summed E-state index contributed by atoms with van der Waals surface area (Å²) in [7, 11) is -10.8. The molecule has 136 heavy (non-hydrogen) atoms. The van der Waals surface area contributed by atoms with E-state index >= 15 is 0 Å². The van der Waals surface area contributed by atoms with E-state index in [1.165, 1.54) is 53.9 Å². The van der Waals surface area contributed by atoms with E-state index in [-0.39, 0.29) is 82.2 Å². The summed E-state index contributed by atoms with van der Waals surface area (Å²) in [4.78, 5) is 73.1. The lowest BCUT2D eigenvalue weighted by Gasteiger charge is -2.15. The Bertz CT molecular complexity index is 6210. The minimum atomic E-state index is -3.85. The molecule has 0 bridgehead atoms. The summed E-state index contributed by atoms with van der Waals surface area (Å²) >= 11 is 0. The Hall–Kier alpha value is -12.6. The molecule has 4 N–H and O–H groups in total. The van der Waals surface area contributed by atoms with Gasteiger partial charge in [-0.25, -0.2) is 33.7 Å². The molecule has 0 aliphatic carbocycles. The van der Waals surface area contributed by atoms with E-state index in [2.05, 4.69) is 23.9 Å². The summed E-state index contributed by atoms with van der Waals surface area (Å²) in [5, 5.41) is 0. The molecular formula is C109H153N8O15S4+3. The van der Waals surface area contributed by atoms with Gasteiger partial charge < -0.3 is 0 Å². The summed E-state index contributed by atoms with van der Waals surface area (Å²) in [6.07, 6.45) is 8.01. The van der Waals surface area contributed by atoms with Crippen LogP contribution in [-0.4, -0.2) is 83.1 Å². The number of aromatic nitrogens is 4. The Kier molecular flexibility index (Phi) is 58.7. The van der Waals surface area contributed by atoms with Gasteiger partial charge in [0.15, 0.2) is 5.78 Å². The van der Waals surface area contributed by atoms with Crippen molar-refractivity contribution in [1.82, 2.24) is 4.98 Å². The zero-order valence-electron chi connectivity index (χ0n) is 87.5. The summed E-state index contributed by atoms with van der Waals surface area (Å²) in [5.41, 5.74) is 16.0. The first-order chi connectivity index (χ1) is 64.7. The van der Waals surface area contributed by atoms with Gasteiger partial charge in [-0.2, -0.15) is 0 Å². The lowest BCUT2D eigenvalue weighted by molar-refractivity contribution is -0.889. The first-order valence-electron chi connectivity index (χ1n) is 46.4. The average Bonchev–Trinajstić information content (AvgIpc) is 0.804. The highest BCUT2D eigenvalue weighted by atomic mass is 32.2. The molecule has 0 aliphatic rings. The van der Waals surface area contributed by atoms with Crippen molar-refractivity contribution in [3.05, 3.63) is 354 Å². The molecule has 0 aliphatic heterocycles. The first kappa shape index (κ1) is 125. The van der Waals surface area contributed by atoms with Crippen LogP contribution in [0.25, 0.3) is 0 Å². The van der Waals surface area contributed by atoms with Crippen molar-refractivity contribution >= 4 is 86.0 Å². The van der Waals surface area contributed by atoms with E-state index < -0.39 is 40.1 Å². The molecule has 27 heteroatoms. The summed E-state index contributed by atoms with van der Waals surface area (Å²) < 4.78 is 118. The first-order valence-corrected chi connectivity index (χ1v) is 52.3. The molecule has 740 valence electrons. The number of anilines is 4. The van der Waals surface area contributed by atoms with Gasteiger partial charge in [0.1, 0.15) is 21.3 Å². The third-order valence-electron chi connectivity index (χ3n) is 19.2. The maximum atomic E-state index is 13.4. The van der Waals surface area contributed by atoms with E-state index in [0.717, 1.165) is 72.6 Å². The molecule has 12 aromatic rings. The molecule has 4 heterocycles. The van der Waals surface area contributed by atoms with Gasteiger partial charge >= 0.3 is 0 Å². The lowest BCUT2D eigenvalue weighted by atomic mass is 9.97. The number of benzene rings is 8. The second kappa shape index (κ2) is 63.6. The highest BCUT2D eigenvalue weighted by Gasteiger charge is 2.29. The number of ketones is 4. The number of aryl methyl sites for hydroxylation is 13. The van der Waals surface area contributed by atoms with Crippen molar-refractivity contribution in [2.24, 2.45) is 0 Å². The van der Waals surface area contributed by atoms with Gasteiger partial charge in [0, 0.05) is 85.9 Å². The van der Waals surface area contributed by atoms with Crippen molar-refractivity contribution in [1.29, 1.82) is 0 Å². The van der Waals surface area contributed by atoms with Gasteiger partial charge in [0.05, 0.1) is 59.0 Å². The SMILES string of the molecule is CC.CC.CC.CC.CC.CC.CC.CC.CC.CC.CO[n+]1cc(C(=O)c2cc(C)c(C)cc2NS(=O)(=O)c2ccc(C)cc2)ccc1C.CO[n+]1cccc(C(=O)c2cc(C)c(C)cc2NS(=O)(=O)c2ccc(C)cc2)c1C.CO[n+]1cccc(C(=O)c2cc(C)c(C)cc2NS(=O)(=O)c2ccccc2)c1.Cc1ccc(S(=O)(=O)Nc2cc(C)c(C)cc2C(=O)c2ccc(C)nc2)cc1. The van der Waals surface area contributed by atoms with Crippen molar-refractivity contribution in [2.45, 2.75) is 255 Å². The van der Waals surface area contributed by atoms with Crippen LogP contribution in [0.15, 0.2) is 251 Å². The number of sulfonamides is 4. The zero-order chi connectivity index (χ0) is 105. The Labute approximate surface area is 816 Å². The van der Waals surface area contributed by atoms with Crippen LogP contribution in [0.3, 0.4) is 0 Å². The summed E-state index contributed by atoms with van der Waals surface area (Å²) in [6.45, 7) is 66.2. The topological polar surface area (TPSA) is 305 Å². The van der Waals surface area contributed by atoms with Crippen LogP contribution in [-0.2, 0) is 40.1 Å². The molecule has 0 saturated carbocycles. The monoisotopic (exact) mass is 1940 g/mol. The van der Waals surface area contributed by atoms with Crippen LogP contribution in [0, 0.1) is 96.9 Å². The highest BCUT2D eigenvalue weighted by molar-refractivity contribution is 7.93. The van der Waals surface area contributed by atoms with Crippen LogP contribution in [0.5, 0.6) is 0 Å². The minimum Gasteiger partial charge on any atom is -0.288 e. The molecular weight excluding hydrogens is 1790 g/mol. The molecule has 23 nitrogen and oxygen atoms in total. The zero-order valence-corrected chi connectivity index (χ0v) is 90.8. The summed E-state index contributed by atoms with van der Waals surface area (Å²) in [5.74, 6) is -1.17. The predicted molar refractivity (Wildman–Crippen MR) is 560 cm³/mol. The van der Waals surface area contributed by atoms with E-state index in [0.29, 0.717) is 33.5 Å². The molecule has 0 unspecified atom stereocenters. The number of nitrogens with one attached hydrogen (secondary N) is 4. The van der Waals surface area contributed by atoms with Crippen LogP contribution < -0.4 is 47.6 Å². The average molecular weight is 1940 g/mol. The lowest BCUT2D eigenvalue weighted by Crippen LogP contribution is -2.44. The third kappa shape index (κ3) is 36.9. The van der Waals surface area contributed by atoms with Crippen molar-refractivity contribution < 1.29 is 81.6 Å². The molecule has 0 amide bonds. The smallest absolute Gasteiger partial charge is 0.261 e. The maximum Gasteiger partial charge on any atom is 0.261 e. The van der Waals surface area contributed by atoms with E-state index in [9.17, 15) is 52.8 Å². The fourth-order valence-electron chi connectivity index (χ4n) is 11.7. The van der Waals surface area contributed by atoms with E-state index in [1.807, 2.05) is 228 Å². The maximum absolute atomic E-state index is 13.4. The minimum absolute atomic E-state index is 0.128. The molecule has 0 spiro atoms. The predicted octanol–water partition coefficient (Wildman–Crippen LogP) is 23.9. The van der Waals surface area contributed by atoms with E-state index in [1.54, 1.807) is 220 Å². The molecule has 0 fully saturated rings. The third-order valence-corrected chi connectivity index (χ3v) is 24.7. The molecule has 8 aromatic carbocycles. The standard InChI is InChI=1S/2C23H24N2O4S.C22H22N2O3S.C21H20N2O4S.10C2H6/c1-15-6-10-20(11-7-15)30(27,28)24-22-13-17(3)16(2)12-21(22)23(26)19-9-8-18(4)25(14-19)29-5;1-15-8-10-19(11-9-15)30(27,28)24-22-14-17(3)16(2)13-21(22)23(26)20-7-6-12-25(29-5)18(20)4;1-14-5-9-19(10-6-14)28(26,27)24-21-12-16(3)15(2)11-20(21)22(25)18-8-7-17(4)23-13-18;1-15-12-19(21(24)17-8-7-11-23(14-17)27-3)20(13-16(15)2)22-28(25,26)18-9-5-4-6-10-18;10*1-2/h2*6-14H,1-5H3;5-13,24H,1-4H3;4-14H,1-3H3;10*1-2H3/p+3. The van der Waals surface area contributed by atoms with Crippen LogP contribution in [0.1, 0.15) is 280 Å². The summed E-state index contributed by atoms with van der Waals surface area (Å²) in [6, 6.07) is 55.0. The van der Waals surface area contributed by atoms with Gasteiger partial charge in [-0.3, -0.25) is 57.6 Å². The molecule has 0 radical (unpaired) electrons. The van der Waals surface area contributed by atoms with Gasteiger partial charge in [-0.1, -0.05) is 210 Å². The fraction of sp³-hybridized carbons (Fsp3) is 0.339. The Morgan fingerprint density at radius 3 is 0.868 bits per heavy atom. The van der Waals surface area contributed by atoms with Crippen molar-refractivity contribution in [3.8, 4) is 0 Å². The number of rotatable bonds is 23. The van der Waals surface area contributed by atoms with Crippen LogP contribution >= 0.6 is 0 Å². The molecule has 4 aromatic heterocycles. The number of carbonyl (C=O) groups is 4.